The van der Waals surface area contributed by atoms with E-state index in [1.165, 1.54) is 31.2 Å². The lowest BCUT2D eigenvalue weighted by atomic mass is 10.1. The molecule has 0 amide bonds. The lowest BCUT2D eigenvalue weighted by molar-refractivity contribution is -0.144. The van der Waals surface area contributed by atoms with E-state index in [9.17, 15) is 23.1 Å². The molecule has 8 heteroatoms. The molecule has 2 aromatic rings. The summed E-state index contributed by atoms with van der Waals surface area (Å²) in [7, 11) is 0. The molecule has 23 heavy (non-hydrogen) atoms. The Hall–Kier alpha value is -2.77. The van der Waals surface area contributed by atoms with Gasteiger partial charge in [-0.25, -0.2) is 4.79 Å². The van der Waals surface area contributed by atoms with E-state index in [1.54, 1.807) is 0 Å². The van der Waals surface area contributed by atoms with Gasteiger partial charge in [0.05, 0.1) is 11.3 Å². The Bertz CT molecular complexity index is 714. The van der Waals surface area contributed by atoms with Crippen LogP contribution in [-0.2, 0) is 11.0 Å². The predicted molar refractivity (Wildman–Crippen MR) is 74.1 cm³/mol. The summed E-state index contributed by atoms with van der Waals surface area (Å²) in [6.07, 6.45) is -4.93. The highest BCUT2D eigenvalue weighted by atomic mass is 19.4. The Morgan fingerprint density at radius 1 is 1.26 bits per heavy atom. The van der Waals surface area contributed by atoms with Gasteiger partial charge in [-0.2, -0.15) is 13.2 Å². The maximum atomic E-state index is 12.5. The van der Waals surface area contributed by atoms with Gasteiger partial charge in [-0.1, -0.05) is 0 Å². The summed E-state index contributed by atoms with van der Waals surface area (Å²) >= 11 is 0. The van der Waals surface area contributed by atoms with Gasteiger partial charge in [-0.3, -0.25) is 4.98 Å². The number of aromatic nitrogens is 1. The van der Waals surface area contributed by atoms with Gasteiger partial charge >= 0.3 is 12.1 Å². The largest absolute Gasteiger partial charge is 0.504 e. The fourth-order valence-electron chi connectivity index (χ4n) is 1.75. The number of carboxylic acids is 1. The van der Waals surface area contributed by atoms with Crippen LogP contribution in [0.25, 0.3) is 11.3 Å². The molecule has 0 radical (unpaired) electrons. The maximum absolute atomic E-state index is 12.5. The van der Waals surface area contributed by atoms with Crippen LogP contribution in [0, 0.1) is 0 Å². The number of carboxylic acid groups (broad SMARTS) is 1. The number of hydrogen-bond donors (Lipinski definition) is 2. The number of benzene rings is 1. The van der Waals surface area contributed by atoms with E-state index in [4.69, 9.17) is 9.84 Å². The smallest absolute Gasteiger partial charge is 0.417 e. The highest BCUT2D eigenvalue weighted by Gasteiger charge is 2.30. The van der Waals surface area contributed by atoms with Crippen molar-refractivity contribution in [1.29, 1.82) is 0 Å². The van der Waals surface area contributed by atoms with E-state index in [-0.39, 0.29) is 17.2 Å². The quantitative estimate of drug-likeness (QED) is 0.900. The Morgan fingerprint density at radius 3 is 2.43 bits per heavy atom. The molecule has 0 unspecified atom stereocenters. The zero-order valence-corrected chi connectivity index (χ0v) is 11.8. The molecule has 5 nitrogen and oxygen atoms in total. The van der Waals surface area contributed by atoms with Crippen molar-refractivity contribution in [3.8, 4) is 22.8 Å². The lowest BCUT2D eigenvalue weighted by Gasteiger charge is -2.12. The number of phenols is 1. The number of ether oxygens (including phenoxy) is 1. The third-order valence-corrected chi connectivity index (χ3v) is 3.00. The van der Waals surface area contributed by atoms with Gasteiger partial charge in [0.15, 0.2) is 17.6 Å². The van der Waals surface area contributed by atoms with E-state index in [0.717, 1.165) is 6.07 Å². The number of aromatic hydroxyl groups is 1. The number of halogens is 3. The second-order valence-electron chi connectivity index (χ2n) is 4.71. The molecule has 0 aliphatic heterocycles. The Labute approximate surface area is 129 Å². The molecule has 1 heterocycles. The van der Waals surface area contributed by atoms with Crippen molar-refractivity contribution < 1.29 is 32.9 Å². The molecule has 2 N–H and O–H groups in total. The Kier molecular flexibility index (Phi) is 4.44. The third-order valence-electron chi connectivity index (χ3n) is 3.00. The first-order valence-electron chi connectivity index (χ1n) is 6.44. The molecule has 0 bridgehead atoms. The first-order valence-corrected chi connectivity index (χ1v) is 6.44. The molecule has 122 valence electrons. The van der Waals surface area contributed by atoms with Gasteiger partial charge < -0.3 is 14.9 Å². The van der Waals surface area contributed by atoms with Gasteiger partial charge in [0.25, 0.3) is 0 Å². The van der Waals surface area contributed by atoms with Crippen molar-refractivity contribution in [3.63, 3.8) is 0 Å². The second-order valence-corrected chi connectivity index (χ2v) is 4.71. The number of rotatable bonds is 4. The summed E-state index contributed by atoms with van der Waals surface area (Å²) in [5, 5.41) is 18.6. The molecule has 0 aliphatic rings. The van der Waals surface area contributed by atoms with E-state index in [2.05, 4.69) is 4.98 Å². The number of aliphatic carboxylic acids is 1. The number of hydrogen-bond acceptors (Lipinski definition) is 4. The summed E-state index contributed by atoms with van der Waals surface area (Å²) in [6, 6.07) is 6.08. The lowest BCUT2D eigenvalue weighted by Crippen LogP contribution is -2.22. The maximum Gasteiger partial charge on any atom is 0.417 e. The van der Waals surface area contributed by atoms with Gasteiger partial charge in [0.2, 0.25) is 0 Å². The minimum atomic E-state index is -4.47. The third kappa shape index (κ3) is 3.91. The summed E-state index contributed by atoms with van der Waals surface area (Å²) in [5.74, 6) is -1.58. The number of nitrogens with zero attached hydrogens (tertiary/aromatic N) is 1. The van der Waals surface area contributed by atoms with Crippen molar-refractivity contribution in [3.05, 3.63) is 42.1 Å². The topological polar surface area (TPSA) is 79.7 Å². The molecule has 0 spiro atoms. The van der Waals surface area contributed by atoms with Crippen LogP contribution in [0.3, 0.4) is 0 Å². The second kappa shape index (κ2) is 6.15. The minimum absolute atomic E-state index is 0.0458. The van der Waals surface area contributed by atoms with E-state index in [0.29, 0.717) is 11.8 Å². The molecule has 0 saturated carbocycles. The van der Waals surface area contributed by atoms with E-state index < -0.39 is 23.8 Å². The van der Waals surface area contributed by atoms with Crippen LogP contribution in [0.15, 0.2) is 36.5 Å². The van der Waals surface area contributed by atoms with Crippen molar-refractivity contribution in [2.24, 2.45) is 0 Å². The molecule has 0 fully saturated rings. The Balaban J connectivity index is 2.25. The molecule has 0 saturated heterocycles. The standard InChI is InChI=1S/C15H12F3NO4/c1-8(14(21)22)23-13-5-2-9(6-12(13)20)11-4-3-10(7-19-11)15(16,17)18/h2-8,20H,1H3,(H,21,22)/t8-/m0/s1. The number of alkyl halides is 3. The zero-order valence-electron chi connectivity index (χ0n) is 11.8. The van der Waals surface area contributed by atoms with Crippen molar-refractivity contribution in [2.45, 2.75) is 19.2 Å². The van der Waals surface area contributed by atoms with Crippen molar-refractivity contribution in [2.75, 3.05) is 0 Å². The highest BCUT2D eigenvalue weighted by Crippen LogP contribution is 2.33. The summed E-state index contributed by atoms with van der Waals surface area (Å²) in [5.41, 5.74) is -0.279. The number of carbonyl (C=O) groups is 1. The van der Waals surface area contributed by atoms with Gasteiger partial charge in [0.1, 0.15) is 0 Å². The fourth-order valence-corrected chi connectivity index (χ4v) is 1.75. The number of phenolic OH excluding ortho intramolecular Hbond substituents is 1. The molecule has 1 aromatic heterocycles. The van der Waals surface area contributed by atoms with Crippen LogP contribution in [0.4, 0.5) is 13.2 Å². The predicted octanol–water partition coefficient (Wildman–Crippen LogP) is 3.32. The van der Waals surface area contributed by atoms with E-state index >= 15 is 0 Å². The van der Waals surface area contributed by atoms with Crippen LogP contribution in [0.2, 0.25) is 0 Å². The highest BCUT2D eigenvalue weighted by molar-refractivity contribution is 5.72. The van der Waals surface area contributed by atoms with E-state index in [1.807, 2.05) is 0 Å². The normalized spacial score (nSPS) is 12.7. The first kappa shape index (κ1) is 16.6. The summed E-state index contributed by atoms with van der Waals surface area (Å²) in [4.78, 5) is 14.4. The molecule has 2 rings (SSSR count). The molecular formula is C15H12F3NO4. The summed E-state index contributed by atoms with van der Waals surface area (Å²) in [6.45, 7) is 1.30. The number of pyridine rings is 1. The SMILES string of the molecule is C[C@H](Oc1ccc(-c2ccc(C(F)(F)F)cn2)cc1O)C(=O)O. The van der Waals surface area contributed by atoms with Crippen LogP contribution in [0.5, 0.6) is 11.5 Å². The average molecular weight is 327 g/mol. The van der Waals surface area contributed by atoms with Crippen LogP contribution in [0.1, 0.15) is 12.5 Å². The van der Waals surface area contributed by atoms with Crippen LogP contribution >= 0.6 is 0 Å². The fraction of sp³-hybridized carbons (Fsp3) is 0.200. The first-order chi connectivity index (χ1) is 10.7. The monoisotopic (exact) mass is 327 g/mol. The summed E-state index contributed by atoms with van der Waals surface area (Å²) < 4.78 is 42.5. The van der Waals surface area contributed by atoms with Crippen LogP contribution < -0.4 is 4.74 Å². The van der Waals surface area contributed by atoms with Crippen molar-refractivity contribution >= 4 is 5.97 Å². The minimum Gasteiger partial charge on any atom is -0.504 e. The molecule has 0 aliphatic carbocycles. The van der Waals surface area contributed by atoms with Crippen molar-refractivity contribution in [1.82, 2.24) is 4.98 Å². The zero-order chi connectivity index (χ0) is 17.2. The van der Waals surface area contributed by atoms with Crippen LogP contribution in [-0.4, -0.2) is 27.3 Å². The molecular weight excluding hydrogens is 315 g/mol. The van der Waals surface area contributed by atoms with Gasteiger partial charge in [-0.05, 0) is 37.3 Å². The Morgan fingerprint density at radius 2 is 1.96 bits per heavy atom. The van der Waals surface area contributed by atoms with Gasteiger partial charge in [-0.15, -0.1) is 0 Å². The van der Waals surface area contributed by atoms with Gasteiger partial charge in [0, 0.05) is 11.8 Å². The average Bonchev–Trinajstić information content (AvgIpc) is 2.48. The molecule has 1 atom stereocenters. The molecule has 1 aromatic carbocycles.